The van der Waals surface area contributed by atoms with Gasteiger partial charge in [-0.15, -0.1) is 0 Å². The van der Waals surface area contributed by atoms with Crippen LogP contribution >= 0.6 is 0 Å². The first-order valence-corrected chi connectivity index (χ1v) is 8.63. The molecule has 7 heteroatoms. The molecule has 1 aliphatic rings. The van der Waals surface area contributed by atoms with Crippen molar-refractivity contribution in [1.29, 1.82) is 0 Å². The van der Waals surface area contributed by atoms with Crippen molar-refractivity contribution in [2.45, 2.75) is 46.2 Å². The number of aryl methyl sites for hydroxylation is 1. The van der Waals surface area contributed by atoms with Gasteiger partial charge in [0.2, 0.25) is 11.8 Å². The SMILES string of the molecule is Cc1cc(CN(C)C(=O)CC2C(=O)NCCN2CCC(C)C)n[nH]1. The number of nitrogens with zero attached hydrogens (tertiary/aromatic N) is 3. The first-order chi connectivity index (χ1) is 11.4. The van der Waals surface area contributed by atoms with Crippen LogP contribution in [0.15, 0.2) is 6.07 Å². The van der Waals surface area contributed by atoms with Crippen LogP contribution in [-0.2, 0) is 16.1 Å². The molecule has 2 amide bonds. The molecule has 1 fully saturated rings. The molecule has 7 nitrogen and oxygen atoms in total. The molecule has 2 heterocycles. The maximum absolute atomic E-state index is 12.5. The number of piperazine rings is 1. The largest absolute Gasteiger partial charge is 0.353 e. The molecule has 0 aromatic carbocycles. The van der Waals surface area contributed by atoms with Crippen LogP contribution in [0.1, 0.15) is 38.1 Å². The van der Waals surface area contributed by atoms with Gasteiger partial charge in [-0.3, -0.25) is 19.6 Å². The Balaban J connectivity index is 1.94. The maximum atomic E-state index is 12.5. The van der Waals surface area contributed by atoms with Gasteiger partial charge in [0.15, 0.2) is 0 Å². The van der Waals surface area contributed by atoms with E-state index >= 15 is 0 Å². The van der Waals surface area contributed by atoms with E-state index in [1.807, 2.05) is 13.0 Å². The van der Waals surface area contributed by atoms with Crippen LogP contribution in [-0.4, -0.2) is 64.5 Å². The Morgan fingerprint density at radius 3 is 2.88 bits per heavy atom. The standard InChI is InChI=1S/C17H29N5O2/c1-12(2)5-7-22-8-6-18-17(24)15(22)10-16(23)21(4)11-14-9-13(3)19-20-14/h9,12,15H,5-8,10-11H2,1-4H3,(H,18,24)(H,19,20). The summed E-state index contributed by atoms with van der Waals surface area (Å²) >= 11 is 0. The van der Waals surface area contributed by atoms with Gasteiger partial charge in [-0.05, 0) is 31.9 Å². The number of amides is 2. The zero-order valence-corrected chi connectivity index (χ0v) is 15.1. The van der Waals surface area contributed by atoms with Gasteiger partial charge >= 0.3 is 0 Å². The molecule has 0 radical (unpaired) electrons. The summed E-state index contributed by atoms with van der Waals surface area (Å²) in [6.45, 7) is 9.03. The van der Waals surface area contributed by atoms with Gasteiger partial charge in [0, 0.05) is 25.8 Å². The first kappa shape index (κ1) is 18.4. The molecule has 2 N–H and O–H groups in total. The van der Waals surface area contributed by atoms with Crippen molar-refractivity contribution in [2.24, 2.45) is 5.92 Å². The molecular formula is C17H29N5O2. The van der Waals surface area contributed by atoms with Crippen molar-refractivity contribution in [2.75, 3.05) is 26.7 Å². The minimum atomic E-state index is -0.367. The molecule has 134 valence electrons. The van der Waals surface area contributed by atoms with Gasteiger partial charge in [0.25, 0.3) is 0 Å². The lowest BCUT2D eigenvalue weighted by molar-refractivity contribution is -0.138. The second-order valence-corrected chi connectivity index (χ2v) is 7.02. The fraction of sp³-hybridized carbons (Fsp3) is 0.706. The predicted molar refractivity (Wildman–Crippen MR) is 92.2 cm³/mol. The molecule has 0 spiro atoms. The summed E-state index contributed by atoms with van der Waals surface area (Å²) in [6, 6.07) is 1.56. The average molecular weight is 335 g/mol. The molecule has 0 saturated carbocycles. The van der Waals surface area contributed by atoms with E-state index in [1.165, 1.54) is 0 Å². The van der Waals surface area contributed by atoms with Crippen LogP contribution in [0.4, 0.5) is 0 Å². The molecule has 1 aliphatic heterocycles. The highest BCUT2D eigenvalue weighted by atomic mass is 16.2. The molecule has 0 aliphatic carbocycles. The molecular weight excluding hydrogens is 306 g/mol. The number of carbonyl (C=O) groups is 2. The van der Waals surface area contributed by atoms with Crippen molar-refractivity contribution in [1.82, 2.24) is 25.3 Å². The van der Waals surface area contributed by atoms with Gasteiger partial charge in [0.05, 0.1) is 24.7 Å². The van der Waals surface area contributed by atoms with Crippen LogP contribution in [0.5, 0.6) is 0 Å². The fourth-order valence-electron chi connectivity index (χ4n) is 2.88. The summed E-state index contributed by atoms with van der Waals surface area (Å²) in [7, 11) is 1.76. The number of nitrogens with one attached hydrogen (secondary N) is 2. The lowest BCUT2D eigenvalue weighted by Gasteiger charge is -2.35. The second kappa shape index (κ2) is 8.28. The number of rotatable bonds is 7. The molecule has 2 rings (SSSR count). The minimum Gasteiger partial charge on any atom is -0.353 e. The monoisotopic (exact) mass is 335 g/mol. The number of aromatic amines is 1. The Hall–Kier alpha value is -1.89. The van der Waals surface area contributed by atoms with Gasteiger partial charge in [-0.1, -0.05) is 13.8 Å². The van der Waals surface area contributed by atoms with Crippen LogP contribution in [0.3, 0.4) is 0 Å². The fourth-order valence-corrected chi connectivity index (χ4v) is 2.88. The summed E-state index contributed by atoms with van der Waals surface area (Å²) in [5.74, 6) is 0.506. The average Bonchev–Trinajstić information content (AvgIpc) is 2.92. The topological polar surface area (TPSA) is 81.3 Å². The lowest BCUT2D eigenvalue weighted by Crippen LogP contribution is -2.56. The summed E-state index contributed by atoms with van der Waals surface area (Å²) in [4.78, 5) is 28.5. The normalized spacial score (nSPS) is 18.7. The number of hydrogen-bond donors (Lipinski definition) is 2. The highest BCUT2D eigenvalue weighted by Gasteiger charge is 2.32. The van der Waals surface area contributed by atoms with E-state index in [9.17, 15) is 9.59 Å². The lowest BCUT2D eigenvalue weighted by atomic mass is 10.0. The van der Waals surface area contributed by atoms with E-state index in [-0.39, 0.29) is 24.3 Å². The summed E-state index contributed by atoms with van der Waals surface area (Å²) in [5.41, 5.74) is 1.80. The Bertz CT molecular complexity index is 569. The Morgan fingerprint density at radius 2 is 2.25 bits per heavy atom. The highest BCUT2D eigenvalue weighted by Crippen LogP contribution is 2.14. The van der Waals surface area contributed by atoms with E-state index < -0.39 is 0 Å². The Labute approximate surface area is 143 Å². The number of H-pyrrole nitrogens is 1. The number of aromatic nitrogens is 2. The third kappa shape index (κ3) is 5.06. The summed E-state index contributed by atoms with van der Waals surface area (Å²) < 4.78 is 0. The van der Waals surface area contributed by atoms with Crippen molar-refractivity contribution in [3.8, 4) is 0 Å². The van der Waals surface area contributed by atoms with Crippen LogP contribution in [0.2, 0.25) is 0 Å². The predicted octanol–water partition coefficient (Wildman–Crippen LogP) is 0.913. The highest BCUT2D eigenvalue weighted by molar-refractivity contribution is 5.88. The number of hydrogen-bond acceptors (Lipinski definition) is 4. The molecule has 1 aromatic heterocycles. The molecule has 24 heavy (non-hydrogen) atoms. The zero-order valence-electron chi connectivity index (χ0n) is 15.1. The van der Waals surface area contributed by atoms with Crippen molar-refractivity contribution >= 4 is 11.8 Å². The maximum Gasteiger partial charge on any atom is 0.237 e. The van der Waals surface area contributed by atoms with Crippen molar-refractivity contribution < 1.29 is 9.59 Å². The number of carbonyl (C=O) groups excluding carboxylic acids is 2. The summed E-state index contributed by atoms with van der Waals surface area (Å²) in [5, 5.41) is 9.91. The van der Waals surface area contributed by atoms with E-state index in [0.29, 0.717) is 19.0 Å². The second-order valence-electron chi connectivity index (χ2n) is 7.02. The first-order valence-electron chi connectivity index (χ1n) is 8.63. The zero-order chi connectivity index (χ0) is 17.7. The van der Waals surface area contributed by atoms with Gasteiger partial charge < -0.3 is 10.2 Å². The van der Waals surface area contributed by atoms with E-state index in [2.05, 4.69) is 34.3 Å². The molecule has 0 bridgehead atoms. The molecule has 1 atom stereocenters. The molecule has 1 unspecified atom stereocenters. The third-order valence-corrected chi connectivity index (χ3v) is 4.39. The van der Waals surface area contributed by atoms with Crippen LogP contribution in [0, 0.1) is 12.8 Å². The molecule has 1 aromatic rings. The van der Waals surface area contributed by atoms with Gasteiger partial charge in [-0.2, -0.15) is 5.10 Å². The Kier molecular flexibility index (Phi) is 6.36. The van der Waals surface area contributed by atoms with Crippen LogP contribution < -0.4 is 5.32 Å². The van der Waals surface area contributed by atoms with E-state index in [4.69, 9.17) is 0 Å². The minimum absolute atomic E-state index is 0.0350. The van der Waals surface area contributed by atoms with Crippen LogP contribution in [0.25, 0.3) is 0 Å². The van der Waals surface area contributed by atoms with E-state index in [1.54, 1.807) is 11.9 Å². The van der Waals surface area contributed by atoms with Gasteiger partial charge in [-0.25, -0.2) is 0 Å². The quantitative estimate of drug-likeness (QED) is 0.776. The molecule has 1 saturated heterocycles. The third-order valence-electron chi connectivity index (χ3n) is 4.39. The van der Waals surface area contributed by atoms with Crippen molar-refractivity contribution in [3.63, 3.8) is 0 Å². The smallest absolute Gasteiger partial charge is 0.237 e. The van der Waals surface area contributed by atoms with Crippen molar-refractivity contribution in [3.05, 3.63) is 17.5 Å². The Morgan fingerprint density at radius 1 is 1.50 bits per heavy atom. The summed E-state index contributed by atoms with van der Waals surface area (Å²) in [6.07, 6.45) is 1.24. The van der Waals surface area contributed by atoms with E-state index in [0.717, 1.165) is 30.9 Å². The van der Waals surface area contributed by atoms with Gasteiger partial charge in [0.1, 0.15) is 0 Å².